The first-order chi connectivity index (χ1) is 12.9. The number of allylic oxidation sites excluding steroid dienone is 1. The van der Waals surface area contributed by atoms with Crippen molar-refractivity contribution in [2.24, 2.45) is 5.10 Å². The van der Waals surface area contributed by atoms with Crippen molar-refractivity contribution in [1.82, 2.24) is 4.57 Å². The van der Waals surface area contributed by atoms with Crippen LogP contribution >= 0.6 is 46.8 Å². The van der Waals surface area contributed by atoms with Crippen LogP contribution in [-0.2, 0) is 11.3 Å². The molecule has 0 spiro atoms. The Morgan fingerprint density at radius 2 is 2.04 bits per heavy atom. The van der Waals surface area contributed by atoms with Crippen molar-refractivity contribution < 1.29 is 19.7 Å². The third-order valence-corrected chi connectivity index (χ3v) is 5.79. The second-order valence-electron chi connectivity index (χ2n) is 5.59. The van der Waals surface area contributed by atoms with Crippen molar-refractivity contribution in [2.75, 3.05) is 0 Å². The molecule has 2 N–H and O–H groups in total. The maximum atomic E-state index is 10.7. The van der Waals surface area contributed by atoms with E-state index >= 15 is 0 Å². The molecule has 10 heteroatoms. The molecule has 0 radical (unpaired) electrons. The average molecular weight is 443 g/mol. The summed E-state index contributed by atoms with van der Waals surface area (Å²) < 4.78 is 3.44. The topological polar surface area (TPSA) is 77.8 Å². The number of carbonyl (C=O) groups is 1. The molecule has 2 heterocycles. The highest BCUT2D eigenvalue weighted by atomic mass is 35.5. The van der Waals surface area contributed by atoms with E-state index < -0.39 is 5.97 Å². The molecule has 0 amide bonds. The van der Waals surface area contributed by atoms with Gasteiger partial charge in [-0.1, -0.05) is 29.8 Å². The number of rotatable bonds is 6. The highest BCUT2D eigenvalue weighted by molar-refractivity contribution is 7.73. The monoisotopic (exact) mass is 442 g/mol. The van der Waals surface area contributed by atoms with Crippen LogP contribution in [0.2, 0.25) is 0 Å². The molecular weight excluding hydrogens is 429 g/mol. The fourth-order valence-electron chi connectivity index (χ4n) is 2.47. The van der Waals surface area contributed by atoms with Crippen molar-refractivity contribution in [3.8, 4) is 5.88 Å². The molecule has 3 rings (SSSR count). The van der Waals surface area contributed by atoms with Crippen LogP contribution in [0.15, 0.2) is 41.0 Å². The fourth-order valence-corrected chi connectivity index (χ4v) is 4.32. The lowest BCUT2D eigenvalue weighted by Gasteiger charge is -2.03. The third kappa shape index (κ3) is 4.30. The van der Waals surface area contributed by atoms with Crippen LogP contribution in [0.5, 0.6) is 5.88 Å². The maximum Gasteiger partial charge on any atom is 0.317 e. The zero-order valence-corrected chi connectivity index (χ0v) is 16.9. The minimum atomic E-state index is -0.894. The number of nitrogens with zero attached hydrogens (tertiary/aromatic N) is 3. The molecule has 0 aliphatic carbocycles. The molecule has 1 aromatic heterocycles. The number of carboxylic acids is 1. The number of thiazole rings is 1. The van der Waals surface area contributed by atoms with E-state index in [1.165, 1.54) is 20.6 Å². The van der Waals surface area contributed by atoms with Crippen molar-refractivity contribution in [3.63, 3.8) is 0 Å². The van der Waals surface area contributed by atoms with Crippen LogP contribution in [0.3, 0.4) is 0 Å². The van der Waals surface area contributed by atoms with Gasteiger partial charge in [-0.15, -0.1) is 11.3 Å². The predicted octanol–water partition coefficient (Wildman–Crippen LogP) is 4.78. The molecule has 0 atom stereocenters. The van der Waals surface area contributed by atoms with E-state index in [1.807, 2.05) is 30.3 Å². The summed E-state index contributed by atoms with van der Waals surface area (Å²) in [5.41, 5.74) is 1.22. The molecular formula is C17H14Cl2N3O3S2+. The first-order valence-corrected chi connectivity index (χ1v) is 9.85. The zero-order valence-electron chi connectivity index (χ0n) is 13.8. The summed E-state index contributed by atoms with van der Waals surface area (Å²) in [5, 5.41) is 24.0. The number of hydrazone groups is 1. The Morgan fingerprint density at radius 3 is 2.70 bits per heavy atom. The van der Waals surface area contributed by atoms with Gasteiger partial charge in [-0.05, 0) is 41.0 Å². The SMILES string of the molecule is O=C(O)CCCn1c(O)c(C=C2C(Cl)=N[N+](c3ccccc3)=C2Cl)sc1=S. The average Bonchev–Trinajstić information content (AvgIpc) is 3.07. The van der Waals surface area contributed by atoms with Gasteiger partial charge >= 0.3 is 11.1 Å². The summed E-state index contributed by atoms with van der Waals surface area (Å²) in [7, 11) is 0. The number of aliphatic carboxylic acids is 1. The molecule has 140 valence electrons. The van der Waals surface area contributed by atoms with Gasteiger partial charge in [0, 0.05) is 30.2 Å². The molecule has 0 unspecified atom stereocenters. The summed E-state index contributed by atoms with van der Waals surface area (Å²) in [6.45, 7) is 0.312. The van der Waals surface area contributed by atoms with E-state index in [9.17, 15) is 9.90 Å². The van der Waals surface area contributed by atoms with Crippen molar-refractivity contribution in [3.05, 3.63) is 44.7 Å². The number of hydrogen-bond acceptors (Lipinski definition) is 5. The van der Waals surface area contributed by atoms with Gasteiger partial charge in [-0.25, -0.2) is 0 Å². The minimum absolute atomic E-state index is 0.00237. The van der Waals surface area contributed by atoms with Crippen LogP contribution in [-0.4, -0.2) is 35.8 Å². The van der Waals surface area contributed by atoms with Crippen molar-refractivity contribution in [1.29, 1.82) is 0 Å². The maximum absolute atomic E-state index is 10.7. The molecule has 0 fully saturated rings. The predicted molar refractivity (Wildman–Crippen MR) is 110 cm³/mol. The number of halogens is 2. The molecule has 6 nitrogen and oxygen atoms in total. The first kappa shape index (κ1) is 19.8. The normalized spacial score (nSPS) is 15.5. The number of benzene rings is 1. The third-order valence-electron chi connectivity index (χ3n) is 3.76. The van der Waals surface area contributed by atoms with E-state index in [1.54, 1.807) is 6.08 Å². The van der Waals surface area contributed by atoms with Crippen LogP contribution in [0.1, 0.15) is 17.7 Å². The Morgan fingerprint density at radius 1 is 1.33 bits per heavy atom. The second kappa shape index (κ2) is 8.35. The summed E-state index contributed by atoms with van der Waals surface area (Å²) in [4.78, 5) is 11.1. The van der Waals surface area contributed by atoms with E-state index in [0.29, 0.717) is 32.5 Å². The van der Waals surface area contributed by atoms with Gasteiger partial charge in [-0.3, -0.25) is 9.36 Å². The van der Waals surface area contributed by atoms with E-state index in [0.717, 1.165) is 5.69 Å². The number of carboxylic acid groups (broad SMARTS) is 1. The van der Waals surface area contributed by atoms with Gasteiger partial charge in [0.2, 0.25) is 16.7 Å². The van der Waals surface area contributed by atoms with Crippen molar-refractivity contribution >= 4 is 74.8 Å². The van der Waals surface area contributed by atoms with Crippen LogP contribution < -0.4 is 0 Å². The molecule has 0 saturated heterocycles. The Kier molecular flexibility index (Phi) is 6.11. The Balaban J connectivity index is 1.93. The molecule has 1 aliphatic heterocycles. The molecule has 27 heavy (non-hydrogen) atoms. The highest BCUT2D eigenvalue weighted by Crippen LogP contribution is 2.32. The molecule has 2 aromatic rings. The number of hydrogen-bond donors (Lipinski definition) is 2. The van der Waals surface area contributed by atoms with Crippen LogP contribution in [0.4, 0.5) is 5.69 Å². The summed E-state index contributed by atoms with van der Waals surface area (Å²) in [5.74, 6) is -0.940. The Labute approximate surface area is 173 Å². The molecule has 1 aromatic carbocycles. The standard InChI is InChI=1S/C17H13Cl2N3O3S2/c18-14-11(15(19)22(20-14)10-5-2-1-3-6-10)9-12-16(25)21(17(26)27-12)8-4-7-13(23)24/h1-3,5-6,9H,4,7-8H2,(H,23,24)/p+1. The summed E-state index contributed by atoms with van der Waals surface area (Å²) in [6, 6.07) is 9.30. The molecule has 0 saturated carbocycles. The van der Waals surface area contributed by atoms with E-state index in [-0.39, 0.29) is 17.5 Å². The Bertz CT molecular complexity index is 1040. The lowest BCUT2D eigenvalue weighted by molar-refractivity contribution is -0.438. The minimum Gasteiger partial charge on any atom is -0.493 e. The van der Waals surface area contributed by atoms with Gasteiger partial charge in [0.15, 0.2) is 3.95 Å². The summed E-state index contributed by atoms with van der Waals surface area (Å²) >= 11 is 19.1. The molecule has 1 aliphatic rings. The molecule has 0 bridgehead atoms. The zero-order chi connectivity index (χ0) is 19.6. The lowest BCUT2D eigenvalue weighted by atomic mass is 10.2. The van der Waals surface area contributed by atoms with Gasteiger partial charge in [-0.2, -0.15) is 0 Å². The summed E-state index contributed by atoms with van der Waals surface area (Å²) in [6.07, 6.45) is 1.99. The number of para-hydroxylation sites is 1. The van der Waals surface area contributed by atoms with Crippen molar-refractivity contribution in [2.45, 2.75) is 19.4 Å². The quantitative estimate of drug-likeness (QED) is 0.498. The first-order valence-electron chi connectivity index (χ1n) is 7.87. The van der Waals surface area contributed by atoms with Gasteiger partial charge in [0.25, 0.3) is 0 Å². The number of aromatic hydroxyl groups is 1. The fraction of sp³-hybridized carbons (Fsp3) is 0.176. The highest BCUT2D eigenvalue weighted by Gasteiger charge is 2.32. The number of aromatic nitrogens is 1. The smallest absolute Gasteiger partial charge is 0.317 e. The lowest BCUT2D eigenvalue weighted by Crippen LogP contribution is -2.03. The second-order valence-corrected chi connectivity index (χ2v) is 7.98. The van der Waals surface area contributed by atoms with Crippen LogP contribution in [0, 0.1) is 3.95 Å². The Hall–Kier alpha value is -2.00. The van der Waals surface area contributed by atoms with E-state index in [4.69, 9.17) is 40.5 Å². The van der Waals surface area contributed by atoms with E-state index in [2.05, 4.69) is 5.10 Å². The largest absolute Gasteiger partial charge is 0.493 e. The van der Waals surface area contributed by atoms with Crippen LogP contribution in [0.25, 0.3) is 6.08 Å². The van der Waals surface area contributed by atoms with Gasteiger partial charge in [0.1, 0.15) is 5.57 Å². The van der Waals surface area contributed by atoms with Gasteiger partial charge in [0.05, 0.1) is 4.88 Å². The van der Waals surface area contributed by atoms with Gasteiger partial charge < -0.3 is 10.2 Å².